The molecule has 0 amide bonds. The lowest BCUT2D eigenvalue weighted by Crippen LogP contribution is -2.68. The third-order valence-corrected chi connectivity index (χ3v) is 15.7. The van der Waals surface area contributed by atoms with Crippen molar-refractivity contribution in [2.75, 3.05) is 26.9 Å². The van der Waals surface area contributed by atoms with E-state index in [0.717, 1.165) is 5.56 Å². The average molecular weight is 631 g/mol. The maximum Gasteiger partial charge on any atom is 0.274 e. The Morgan fingerprint density at radius 1 is 1.16 bits per heavy atom. The summed E-state index contributed by atoms with van der Waals surface area (Å²) >= 11 is 0. The van der Waals surface area contributed by atoms with Crippen molar-refractivity contribution in [3.63, 3.8) is 0 Å². The number of carbonyl (C=O) groups is 1. The maximum atomic E-state index is 14.2. The molecule has 2 bridgehead atoms. The number of fused-ring (bicyclic) bond motifs is 8. The number of carbonyl (C=O) groups excluding carboxylic acids is 1. The fraction of sp³-hybridized carbons (Fsp3) is 0.656. The molecule has 4 heterocycles. The Morgan fingerprint density at radius 3 is 2.39 bits per heavy atom. The zero-order valence-corrected chi connectivity index (χ0v) is 27.4. The highest BCUT2D eigenvalue weighted by Crippen LogP contribution is 2.71. The van der Waals surface area contributed by atoms with Gasteiger partial charge >= 0.3 is 0 Å². The molecule has 11 nitrogen and oxygen atoms in total. The van der Waals surface area contributed by atoms with Gasteiger partial charge in [0.25, 0.3) is 5.79 Å². The van der Waals surface area contributed by atoms with E-state index >= 15 is 0 Å². The Kier molecular flexibility index (Phi) is 6.32. The van der Waals surface area contributed by atoms with Crippen LogP contribution in [0.4, 0.5) is 0 Å². The highest BCUT2D eigenvalue weighted by molar-refractivity contribution is 6.74. The van der Waals surface area contributed by atoms with Gasteiger partial charge in [-0.15, -0.1) is 0 Å². The molecule has 0 saturated carbocycles. The molecule has 1 spiro atoms. The first-order chi connectivity index (χ1) is 20.5. The Morgan fingerprint density at radius 2 is 1.82 bits per heavy atom. The number of phenolic OH excluding ortho intramolecular Hbond substituents is 1. The quantitative estimate of drug-likeness (QED) is 0.273. The number of aliphatic hydroxyl groups excluding tert-OH is 2. The van der Waals surface area contributed by atoms with Gasteiger partial charge in [-0.1, -0.05) is 27.7 Å². The molecule has 44 heavy (non-hydrogen) atoms. The molecule has 3 saturated heterocycles. The molecule has 2 aromatic rings. The molecule has 4 N–H and O–H groups in total. The number of phenols is 1. The fourth-order valence-corrected chi connectivity index (χ4v) is 9.03. The molecule has 2 aromatic carbocycles. The van der Waals surface area contributed by atoms with Gasteiger partial charge in [-0.2, -0.15) is 0 Å². The van der Waals surface area contributed by atoms with Gasteiger partial charge in [0.1, 0.15) is 29.5 Å². The average Bonchev–Trinajstić information content (AvgIpc) is 3.62. The van der Waals surface area contributed by atoms with Crippen LogP contribution in [0.25, 0.3) is 10.8 Å². The van der Waals surface area contributed by atoms with Crippen molar-refractivity contribution in [1.82, 2.24) is 0 Å². The Labute approximate surface area is 257 Å². The van der Waals surface area contributed by atoms with Gasteiger partial charge in [-0.05, 0) is 49.0 Å². The topological polar surface area (TPSA) is 157 Å². The van der Waals surface area contributed by atoms with Crippen molar-refractivity contribution in [2.45, 2.75) is 101 Å². The van der Waals surface area contributed by atoms with Crippen molar-refractivity contribution in [2.24, 2.45) is 5.92 Å². The van der Waals surface area contributed by atoms with Crippen LogP contribution in [0.2, 0.25) is 18.1 Å². The van der Waals surface area contributed by atoms with E-state index < -0.39 is 62.9 Å². The second-order valence-corrected chi connectivity index (χ2v) is 19.4. The van der Waals surface area contributed by atoms with Crippen LogP contribution in [-0.4, -0.2) is 90.8 Å². The molecule has 7 atom stereocenters. The molecule has 0 radical (unpaired) electrons. The zero-order chi connectivity index (χ0) is 31.9. The predicted molar refractivity (Wildman–Crippen MR) is 160 cm³/mol. The number of aryl methyl sites for hydroxylation is 1. The monoisotopic (exact) mass is 630 g/mol. The Balaban J connectivity index is 1.44. The number of aromatic hydroxyl groups is 1. The standard InChI is InChI=1S/C32H42O11Si/c1-14-9-17-21(24(36)22-19(25(17)38-6)15(2)10-18(23(22)35)43-44(7,8)29(3,4)5)26-20(14)27-28-31(37,40-26)30(13-39-30)32(41-27,42-28)16(11-33)12-34/h9,15-16,18,27-28,33-34,36-37H,10-13H2,1-8H3/t15-,18-,27?,28?,30-,31+,32?/m0/s1. The lowest BCUT2D eigenvalue weighted by Gasteiger charge is -2.48. The maximum absolute atomic E-state index is 14.2. The van der Waals surface area contributed by atoms with Crippen LogP contribution in [0.1, 0.15) is 73.2 Å². The SMILES string of the molecule is COc1c2c(c(O)c3c4c(c(C)cc13)C1OC3(C(CO)CO)OC1[C@@](O)(O4)[C@@]31CO1)C(=O)[C@@H](O[Si](C)(C)C(C)(C)C)C[C@@H]2C. The van der Waals surface area contributed by atoms with Gasteiger partial charge in [-0.25, -0.2) is 0 Å². The summed E-state index contributed by atoms with van der Waals surface area (Å²) in [6.07, 6.45) is -2.18. The number of ether oxygens (including phenoxy) is 5. The first kappa shape index (κ1) is 30.4. The summed E-state index contributed by atoms with van der Waals surface area (Å²) in [4.78, 5) is 14.2. The number of rotatable bonds is 6. The molecule has 4 aliphatic heterocycles. The largest absolute Gasteiger partial charge is 0.506 e. The van der Waals surface area contributed by atoms with Gasteiger partial charge in [0.2, 0.25) is 11.4 Å². The van der Waals surface area contributed by atoms with Crippen molar-refractivity contribution >= 4 is 24.9 Å². The Hall–Kier alpha value is -2.29. The van der Waals surface area contributed by atoms with E-state index in [9.17, 15) is 25.2 Å². The minimum atomic E-state index is -2.34. The summed E-state index contributed by atoms with van der Waals surface area (Å²) in [6.45, 7) is 13.5. The highest BCUT2D eigenvalue weighted by Gasteiger charge is 2.91. The summed E-state index contributed by atoms with van der Waals surface area (Å²) in [5.41, 5.74) is 0.494. The number of methoxy groups -OCH3 is 1. The number of ketones is 1. The van der Waals surface area contributed by atoms with E-state index in [-0.39, 0.29) is 45.8 Å². The molecule has 12 heteroatoms. The molecular weight excluding hydrogens is 588 g/mol. The smallest absolute Gasteiger partial charge is 0.274 e. The number of benzene rings is 2. The van der Waals surface area contributed by atoms with Gasteiger partial charge in [0, 0.05) is 16.5 Å². The second-order valence-electron chi connectivity index (χ2n) is 14.6. The van der Waals surface area contributed by atoms with Crippen LogP contribution in [-0.2, 0) is 18.6 Å². The van der Waals surface area contributed by atoms with Gasteiger partial charge < -0.3 is 48.5 Å². The molecular formula is C32H42O11Si. The van der Waals surface area contributed by atoms with E-state index in [1.165, 1.54) is 7.11 Å². The van der Waals surface area contributed by atoms with Gasteiger partial charge in [0.15, 0.2) is 20.2 Å². The molecule has 5 aliphatic rings. The lowest BCUT2D eigenvalue weighted by atomic mass is 9.75. The van der Waals surface area contributed by atoms with Crippen LogP contribution in [0.3, 0.4) is 0 Å². The van der Waals surface area contributed by atoms with Crippen molar-refractivity contribution in [3.8, 4) is 17.2 Å². The number of hydrogen-bond acceptors (Lipinski definition) is 11. The van der Waals surface area contributed by atoms with E-state index in [1.807, 2.05) is 19.9 Å². The summed E-state index contributed by atoms with van der Waals surface area (Å²) in [6, 6.07) is 1.86. The number of hydrogen-bond donors (Lipinski definition) is 4. The Bertz CT molecular complexity index is 1590. The van der Waals surface area contributed by atoms with Crippen LogP contribution in [0.15, 0.2) is 6.07 Å². The summed E-state index contributed by atoms with van der Waals surface area (Å²) in [5.74, 6) is -4.77. The summed E-state index contributed by atoms with van der Waals surface area (Å²) in [5, 5.41) is 45.1. The zero-order valence-electron chi connectivity index (χ0n) is 26.4. The fourth-order valence-electron chi connectivity index (χ4n) is 7.76. The van der Waals surface area contributed by atoms with E-state index in [1.54, 1.807) is 0 Å². The minimum Gasteiger partial charge on any atom is -0.506 e. The molecule has 3 unspecified atom stereocenters. The van der Waals surface area contributed by atoms with E-state index in [4.69, 9.17) is 28.1 Å². The molecule has 1 aliphatic carbocycles. The van der Waals surface area contributed by atoms with Crippen LogP contribution < -0.4 is 9.47 Å². The van der Waals surface area contributed by atoms with E-state index in [2.05, 4.69) is 33.9 Å². The van der Waals surface area contributed by atoms with Gasteiger partial charge in [0.05, 0.1) is 43.8 Å². The van der Waals surface area contributed by atoms with Crippen molar-refractivity contribution in [3.05, 3.63) is 28.3 Å². The summed E-state index contributed by atoms with van der Waals surface area (Å²) < 4.78 is 37.6. The molecule has 7 rings (SSSR count). The summed E-state index contributed by atoms with van der Waals surface area (Å²) in [7, 11) is -0.807. The molecule has 240 valence electrons. The van der Waals surface area contributed by atoms with Crippen LogP contribution >= 0.6 is 0 Å². The van der Waals surface area contributed by atoms with Crippen LogP contribution in [0, 0.1) is 12.8 Å². The van der Waals surface area contributed by atoms with Gasteiger partial charge in [-0.3, -0.25) is 4.79 Å². The third kappa shape index (κ3) is 3.43. The number of epoxide rings is 1. The lowest BCUT2D eigenvalue weighted by molar-refractivity contribution is -0.297. The number of Topliss-reactive ketones (excluding diaryl/α,β-unsaturated/α-hetero) is 1. The molecule has 0 aromatic heterocycles. The third-order valence-electron chi connectivity index (χ3n) is 11.2. The van der Waals surface area contributed by atoms with E-state index in [0.29, 0.717) is 28.7 Å². The number of aliphatic hydroxyl groups is 3. The minimum absolute atomic E-state index is 0.00940. The normalized spacial score (nSPS) is 35.3. The van der Waals surface area contributed by atoms with Crippen molar-refractivity contribution < 1.29 is 53.3 Å². The first-order valence-corrected chi connectivity index (χ1v) is 18.2. The second kappa shape index (κ2) is 9.16. The van der Waals surface area contributed by atoms with Crippen LogP contribution in [0.5, 0.6) is 17.2 Å². The first-order valence-electron chi connectivity index (χ1n) is 15.3. The van der Waals surface area contributed by atoms with Crippen molar-refractivity contribution in [1.29, 1.82) is 0 Å². The predicted octanol–water partition coefficient (Wildman–Crippen LogP) is 3.56. The molecule has 3 fully saturated rings. The highest BCUT2D eigenvalue weighted by atomic mass is 28.4.